The Morgan fingerprint density at radius 3 is 1.62 bits per heavy atom. The lowest BCUT2D eigenvalue weighted by Crippen LogP contribution is -2.09. The Labute approximate surface area is 283 Å². The highest BCUT2D eigenvalue weighted by molar-refractivity contribution is 7.25. The van der Waals surface area contributed by atoms with Gasteiger partial charge in [-0.3, -0.25) is 0 Å². The average molecular weight is 631 g/mol. The van der Waals surface area contributed by atoms with Crippen LogP contribution in [0.2, 0.25) is 0 Å². The van der Waals surface area contributed by atoms with Gasteiger partial charge in [-0.2, -0.15) is 0 Å². The lowest BCUT2D eigenvalue weighted by Gasteiger charge is -2.26. The van der Waals surface area contributed by atoms with E-state index in [0.29, 0.717) is 0 Å². The molecule has 0 fully saturated rings. The first-order valence-corrected chi connectivity index (χ1v) is 17.0. The molecular weight excluding hydrogens is 601 g/mol. The van der Waals surface area contributed by atoms with Gasteiger partial charge >= 0.3 is 0 Å². The summed E-state index contributed by atoms with van der Waals surface area (Å²) in [6.45, 7) is 0. The predicted octanol–water partition coefficient (Wildman–Crippen LogP) is 13.1. The summed E-state index contributed by atoms with van der Waals surface area (Å²) in [7, 11) is 0. The summed E-state index contributed by atoms with van der Waals surface area (Å²) < 4.78 is 1.27. The minimum absolute atomic E-state index is 0.985. The number of fused-ring (bicyclic) bond motifs is 4. The van der Waals surface area contributed by atoms with Gasteiger partial charge < -0.3 is 4.90 Å². The van der Waals surface area contributed by atoms with Crippen molar-refractivity contribution in [1.29, 1.82) is 0 Å². The number of pyridine rings is 1. The molecule has 0 bridgehead atoms. The minimum atomic E-state index is 0.985. The molecule has 2 heterocycles. The van der Waals surface area contributed by atoms with Gasteiger partial charge in [-0.05, 0) is 93.7 Å². The topological polar surface area (TPSA) is 16.1 Å². The highest BCUT2D eigenvalue weighted by Gasteiger charge is 2.15. The average Bonchev–Trinajstić information content (AvgIpc) is 3.54. The summed E-state index contributed by atoms with van der Waals surface area (Å²) in [5.41, 5.74) is 10.2. The van der Waals surface area contributed by atoms with Crippen molar-refractivity contribution in [2.45, 2.75) is 0 Å². The van der Waals surface area contributed by atoms with Crippen molar-refractivity contribution >= 4 is 59.5 Å². The van der Waals surface area contributed by atoms with E-state index < -0.39 is 0 Å². The van der Waals surface area contributed by atoms with Gasteiger partial charge in [0.1, 0.15) is 4.83 Å². The SMILES string of the molecule is c1ccc(-c2ccc(N(c3ccc(-c4ccc5ccccc5c4)cc3)c3ccc(-c4ccc5c(n4)sc4ccccc45)cc3)cc2)cc1. The first-order valence-electron chi connectivity index (χ1n) is 16.2. The third-order valence-corrected chi connectivity index (χ3v) is 10.2. The quantitative estimate of drug-likeness (QED) is 0.182. The fourth-order valence-corrected chi connectivity index (χ4v) is 7.67. The van der Waals surface area contributed by atoms with E-state index in [2.05, 4.69) is 187 Å². The van der Waals surface area contributed by atoms with Gasteiger partial charge in [0.25, 0.3) is 0 Å². The summed E-state index contributed by atoms with van der Waals surface area (Å²) in [5, 5.41) is 4.99. The number of nitrogens with zero attached hydrogens (tertiary/aromatic N) is 2. The molecule has 2 nitrogen and oxygen atoms in total. The number of aromatic nitrogens is 1. The molecule has 0 aliphatic carbocycles. The molecule has 3 heteroatoms. The molecule has 48 heavy (non-hydrogen) atoms. The zero-order valence-corrected chi connectivity index (χ0v) is 26.9. The van der Waals surface area contributed by atoms with Crippen LogP contribution in [0, 0.1) is 0 Å². The summed E-state index contributed by atoms with van der Waals surface area (Å²) >= 11 is 1.75. The lowest BCUT2D eigenvalue weighted by molar-refractivity contribution is 1.28. The van der Waals surface area contributed by atoms with Crippen molar-refractivity contribution in [2.24, 2.45) is 0 Å². The first kappa shape index (κ1) is 28.2. The summed E-state index contributed by atoms with van der Waals surface area (Å²) in [6, 6.07) is 65.1. The smallest absolute Gasteiger partial charge is 0.125 e. The summed E-state index contributed by atoms with van der Waals surface area (Å²) in [4.78, 5) is 8.47. The maximum atomic E-state index is 5.07. The van der Waals surface area contributed by atoms with E-state index in [1.54, 1.807) is 11.3 Å². The van der Waals surface area contributed by atoms with Crippen LogP contribution in [0.5, 0.6) is 0 Å². The number of benzene rings is 7. The molecule has 2 aromatic heterocycles. The number of hydrogen-bond donors (Lipinski definition) is 0. The van der Waals surface area contributed by atoms with Gasteiger partial charge in [0, 0.05) is 38.1 Å². The van der Waals surface area contributed by atoms with Gasteiger partial charge in [-0.25, -0.2) is 4.98 Å². The largest absolute Gasteiger partial charge is 0.311 e. The molecule has 0 N–H and O–H groups in total. The Hall–Kier alpha value is -6.03. The van der Waals surface area contributed by atoms with Crippen LogP contribution >= 0.6 is 11.3 Å². The fourth-order valence-electron chi connectivity index (χ4n) is 6.60. The van der Waals surface area contributed by atoms with Crippen molar-refractivity contribution in [3.63, 3.8) is 0 Å². The van der Waals surface area contributed by atoms with Crippen molar-refractivity contribution < 1.29 is 0 Å². The molecule has 0 spiro atoms. The van der Waals surface area contributed by atoms with Gasteiger partial charge in [0.05, 0.1) is 5.69 Å². The molecular formula is C45H30N2S. The monoisotopic (exact) mass is 630 g/mol. The van der Waals surface area contributed by atoms with Crippen LogP contribution in [0.3, 0.4) is 0 Å². The first-order chi connectivity index (χ1) is 23.8. The lowest BCUT2D eigenvalue weighted by atomic mass is 10.0. The maximum Gasteiger partial charge on any atom is 0.125 e. The third-order valence-electron chi connectivity index (χ3n) is 9.11. The Morgan fingerprint density at radius 1 is 0.375 bits per heavy atom. The second-order valence-electron chi connectivity index (χ2n) is 12.1. The fraction of sp³-hybridized carbons (Fsp3) is 0. The third kappa shape index (κ3) is 5.21. The van der Waals surface area contributed by atoms with Crippen LogP contribution in [0.4, 0.5) is 17.1 Å². The number of thiophene rings is 1. The summed E-state index contributed by atoms with van der Waals surface area (Å²) in [6.07, 6.45) is 0. The summed E-state index contributed by atoms with van der Waals surface area (Å²) in [5.74, 6) is 0. The zero-order chi connectivity index (χ0) is 31.9. The van der Waals surface area contributed by atoms with E-state index in [1.807, 2.05) is 0 Å². The van der Waals surface area contributed by atoms with Crippen molar-refractivity contribution in [2.75, 3.05) is 4.90 Å². The van der Waals surface area contributed by atoms with Crippen LogP contribution in [0.25, 0.3) is 64.6 Å². The van der Waals surface area contributed by atoms with Gasteiger partial charge in [-0.1, -0.05) is 121 Å². The van der Waals surface area contributed by atoms with Gasteiger partial charge in [-0.15, -0.1) is 11.3 Å². The Morgan fingerprint density at radius 2 is 0.917 bits per heavy atom. The minimum Gasteiger partial charge on any atom is -0.311 e. The Balaban J connectivity index is 1.08. The van der Waals surface area contributed by atoms with Crippen molar-refractivity contribution in [3.8, 4) is 33.5 Å². The van der Waals surface area contributed by atoms with E-state index in [9.17, 15) is 0 Å². The molecule has 0 aliphatic heterocycles. The van der Waals surface area contributed by atoms with Crippen LogP contribution in [-0.2, 0) is 0 Å². The normalized spacial score (nSPS) is 11.3. The molecule has 0 unspecified atom stereocenters. The molecule has 0 radical (unpaired) electrons. The second kappa shape index (κ2) is 12.0. The maximum absolute atomic E-state index is 5.07. The second-order valence-corrected chi connectivity index (χ2v) is 13.1. The highest BCUT2D eigenvalue weighted by Crippen LogP contribution is 2.39. The predicted molar refractivity (Wildman–Crippen MR) is 206 cm³/mol. The molecule has 0 saturated heterocycles. The van der Waals surface area contributed by atoms with Crippen LogP contribution in [-0.4, -0.2) is 4.98 Å². The number of anilines is 3. The van der Waals surface area contributed by atoms with Crippen molar-refractivity contribution in [3.05, 3.63) is 182 Å². The molecule has 226 valence electrons. The van der Waals surface area contributed by atoms with E-state index in [0.717, 1.165) is 33.1 Å². The van der Waals surface area contributed by atoms with E-state index in [4.69, 9.17) is 4.98 Å². The van der Waals surface area contributed by atoms with Crippen LogP contribution < -0.4 is 4.90 Å². The zero-order valence-electron chi connectivity index (χ0n) is 26.1. The molecule has 9 aromatic rings. The molecule has 0 aliphatic rings. The Kier molecular flexibility index (Phi) is 7.03. The van der Waals surface area contributed by atoms with E-state index in [1.165, 1.54) is 48.5 Å². The van der Waals surface area contributed by atoms with E-state index in [-0.39, 0.29) is 0 Å². The molecule has 0 atom stereocenters. The Bertz CT molecular complexity index is 2530. The van der Waals surface area contributed by atoms with Crippen LogP contribution in [0.15, 0.2) is 182 Å². The van der Waals surface area contributed by atoms with Crippen LogP contribution in [0.1, 0.15) is 0 Å². The molecule has 9 rings (SSSR count). The molecule has 7 aromatic carbocycles. The van der Waals surface area contributed by atoms with Crippen molar-refractivity contribution in [1.82, 2.24) is 4.98 Å². The highest BCUT2D eigenvalue weighted by atomic mass is 32.1. The molecule has 0 amide bonds. The van der Waals surface area contributed by atoms with Gasteiger partial charge in [0.15, 0.2) is 0 Å². The molecule has 0 saturated carbocycles. The number of rotatable bonds is 6. The standard InChI is InChI=1S/C45H30N2S/c1-2-8-31(9-3-1)33-16-22-38(23-17-33)47(39-24-18-34(19-25-39)37-15-14-32-10-4-5-11-36(32)30-37)40-26-20-35(21-27-40)43-29-28-42-41-12-6-7-13-44(41)48-45(42)46-43/h1-30H. The van der Waals surface area contributed by atoms with E-state index >= 15 is 0 Å². The van der Waals surface area contributed by atoms with Gasteiger partial charge in [0.2, 0.25) is 0 Å². The number of hydrogen-bond acceptors (Lipinski definition) is 3.